The van der Waals surface area contributed by atoms with Gasteiger partial charge in [0.2, 0.25) is 0 Å². The first kappa shape index (κ1) is 14.7. The molecule has 106 valence electrons. The lowest BCUT2D eigenvalue weighted by Crippen LogP contribution is -2.33. The molecular weight excluding hydrogens is 306 g/mol. The first-order valence-electron chi connectivity index (χ1n) is 6.71. The molecule has 0 aliphatic heterocycles. The molecule has 2 N–H and O–H groups in total. The molecule has 0 bridgehead atoms. The number of ether oxygens (including phenoxy) is 2. The SMILES string of the molecule is COc1cc(Br)c(C2(CN)CCCC2)c(C)c1OC. The van der Waals surface area contributed by atoms with E-state index in [0.717, 1.165) is 34.4 Å². The third kappa shape index (κ3) is 2.36. The van der Waals surface area contributed by atoms with Crippen LogP contribution in [0.1, 0.15) is 36.8 Å². The maximum Gasteiger partial charge on any atom is 0.163 e. The Kier molecular flexibility index (Phi) is 4.41. The Labute approximate surface area is 123 Å². The maximum absolute atomic E-state index is 6.11. The Morgan fingerprint density at radius 1 is 1.26 bits per heavy atom. The molecule has 0 spiro atoms. The highest BCUT2D eigenvalue weighted by molar-refractivity contribution is 9.10. The summed E-state index contributed by atoms with van der Waals surface area (Å²) in [6.45, 7) is 2.78. The highest BCUT2D eigenvalue weighted by Gasteiger charge is 2.38. The minimum absolute atomic E-state index is 0.0858. The Morgan fingerprint density at radius 3 is 2.37 bits per heavy atom. The summed E-state index contributed by atoms with van der Waals surface area (Å²) in [6.07, 6.45) is 4.80. The van der Waals surface area contributed by atoms with Crippen molar-refractivity contribution >= 4 is 15.9 Å². The third-order valence-corrected chi connectivity index (χ3v) is 4.97. The second-order valence-electron chi connectivity index (χ2n) is 5.29. The van der Waals surface area contributed by atoms with E-state index in [0.29, 0.717) is 6.54 Å². The molecule has 0 aromatic heterocycles. The van der Waals surface area contributed by atoms with Crippen LogP contribution in [0.5, 0.6) is 11.5 Å². The van der Waals surface area contributed by atoms with Crippen LogP contribution in [0.3, 0.4) is 0 Å². The van der Waals surface area contributed by atoms with Gasteiger partial charge in [0, 0.05) is 16.4 Å². The van der Waals surface area contributed by atoms with E-state index in [4.69, 9.17) is 15.2 Å². The summed E-state index contributed by atoms with van der Waals surface area (Å²) in [4.78, 5) is 0. The van der Waals surface area contributed by atoms with Gasteiger partial charge in [-0.3, -0.25) is 0 Å². The fraction of sp³-hybridized carbons (Fsp3) is 0.600. The number of rotatable bonds is 4. The van der Waals surface area contributed by atoms with Crippen LogP contribution >= 0.6 is 15.9 Å². The lowest BCUT2D eigenvalue weighted by molar-refractivity contribution is 0.349. The molecule has 0 amide bonds. The predicted molar refractivity (Wildman–Crippen MR) is 81.2 cm³/mol. The van der Waals surface area contributed by atoms with Crippen molar-refractivity contribution in [1.29, 1.82) is 0 Å². The molecule has 4 heteroatoms. The van der Waals surface area contributed by atoms with E-state index in [1.165, 1.54) is 18.4 Å². The smallest absolute Gasteiger partial charge is 0.163 e. The normalized spacial score (nSPS) is 17.5. The Balaban J connectivity index is 2.63. The van der Waals surface area contributed by atoms with E-state index >= 15 is 0 Å². The number of halogens is 1. The number of hydrogen-bond acceptors (Lipinski definition) is 3. The zero-order valence-electron chi connectivity index (χ0n) is 11.9. The second-order valence-corrected chi connectivity index (χ2v) is 6.14. The van der Waals surface area contributed by atoms with E-state index in [9.17, 15) is 0 Å². The molecule has 0 radical (unpaired) electrons. The van der Waals surface area contributed by atoms with E-state index < -0.39 is 0 Å². The van der Waals surface area contributed by atoms with E-state index in [1.54, 1.807) is 14.2 Å². The van der Waals surface area contributed by atoms with Crippen molar-refractivity contribution in [3.63, 3.8) is 0 Å². The standard InChI is InChI=1S/C15H22BrNO2/c1-10-13(15(9-17)6-4-5-7-15)11(16)8-12(18-2)14(10)19-3/h8H,4-7,9,17H2,1-3H3. The summed E-state index contributed by atoms with van der Waals surface area (Å²) in [6, 6.07) is 2.00. The van der Waals surface area contributed by atoms with Gasteiger partial charge >= 0.3 is 0 Å². The van der Waals surface area contributed by atoms with Crippen molar-refractivity contribution in [2.45, 2.75) is 38.0 Å². The van der Waals surface area contributed by atoms with Crippen molar-refractivity contribution in [3.05, 3.63) is 21.7 Å². The number of benzene rings is 1. The molecule has 0 unspecified atom stereocenters. The van der Waals surface area contributed by atoms with Gasteiger partial charge in [-0.25, -0.2) is 0 Å². The van der Waals surface area contributed by atoms with Crippen LogP contribution in [0.2, 0.25) is 0 Å². The van der Waals surface area contributed by atoms with Crippen LogP contribution in [0.15, 0.2) is 10.5 Å². The summed E-state index contributed by atoms with van der Waals surface area (Å²) < 4.78 is 12.0. The predicted octanol–water partition coefficient (Wildman–Crippen LogP) is 3.55. The molecule has 1 aliphatic carbocycles. The van der Waals surface area contributed by atoms with E-state index in [2.05, 4.69) is 22.9 Å². The fourth-order valence-electron chi connectivity index (χ4n) is 3.39. The number of methoxy groups -OCH3 is 2. The van der Waals surface area contributed by atoms with Gasteiger partial charge in [0.15, 0.2) is 11.5 Å². The molecule has 3 nitrogen and oxygen atoms in total. The molecule has 1 aliphatic rings. The first-order valence-corrected chi connectivity index (χ1v) is 7.50. The molecular formula is C15H22BrNO2. The van der Waals surface area contributed by atoms with Crippen LogP contribution in [-0.2, 0) is 5.41 Å². The largest absolute Gasteiger partial charge is 0.493 e. The van der Waals surface area contributed by atoms with E-state index in [-0.39, 0.29) is 5.41 Å². The molecule has 0 heterocycles. The van der Waals surface area contributed by atoms with Crippen molar-refractivity contribution in [2.75, 3.05) is 20.8 Å². The van der Waals surface area contributed by atoms with Crippen molar-refractivity contribution in [3.8, 4) is 11.5 Å². The van der Waals surface area contributed by atoms with Gasteiger partial charge in [0.05, 0.1) is 14.2 Å². The molecule has 1 aromatic carbocycles. The van der Waals surface area contributed by atoms with Crippen LogP contribution in [0.25, 0.3) is 0 Å². The number of nitrogens with two attached hydrogens (primary N) is 1. The fourth-order valence-corrected chi connectivity index (χ4v) is 4.32. The minimum atomic E-state index is 0.0858. The zero-order chi connectivity index (χ0) is 14.0. The molecule has 19 heavy (non-hydrogen) atoms. The molecule has 2 rings (SSSR count). The first-order chi connectivity index (χ1) is 9.09. The molecule has 1 saturated carbocycles. The molecule has 0 saturated heterocycles. The van der Waals surface area contributed by atoms with Gasteiger partial charge in [-0.15, -0.1) is 0 Å². The van der Waals surface area contributed by atoms with Gasteiger partial charge < -0.3 is 15.2 Å². The van der Waals surface area contributed by atoms with Crippen molar-refractivity contribution < 1.29 is 9.47 Å². The average molecular weight is 328 g/mol. The minimum Gasteiger partial charge on any atom is -0.493 e. The van der Waals surface area contributed by atoms with Crippen molar-refractivity contribution in [1.82, 2.24) is 0 Å². The highest BCUT2D eigenvalue weighted by Crippen LogP contribution is 2.48. The summed E-state index contributed by atoms with van der Waals surface area (Å²) in [5.74, 6) is 1.58. The van der Waals surface area contributed by atoms with Gasteiger partial charge in [0.25, 0.3) is 0 Å². The maximum atomic E-state index is 6.11. The highest BCUT2D eigenvalue weighted by atomic mass is 79.9. The van der Waals surface area contributed by atoms with Crippen molar-refractivity contribution in [2.24, 2.45) is 5.73 Å². The molecule has 0 atom stereocenters. The quantitative estimate of drug-likeness (QED) is 0.919. The van der Waals surface area contributed by atoms with Gasteiger partial charge in [-0.2, -0.15) is 0 Å². The van der Waals surface area contributed by atoms with Crippen LogP contribution < -0.4 is 15.2 Å². The lowest BCUT2D eigenvalue weighted by atomic mass is 9.76. The Morgan fingerprint density at radius 2 is 1.89 bits per heavy atom. The summed E-state index contributed by atoms with van der Waals surface area (Å²) in [5, 5.41) is 0. The van der Waals surface area contributed by atoms with Gasteiger partial charge in [-0.05, 0) is 37.0 Å². The second kappa shape index (κ2) is 5.71. The van der Waals surface area contributed by atoms with Gasteiger partial charge in [-0.1, -0.05) is 28.8 Å². The van der Waals surface area contributed by atoms with Crippen LogP contribution in [0, 0.1) is 6.92 Å². The molecule has 1 aromatic rings. The Bertz CT molecular complexity index is 468. The van der Waals surface area contributed by atoms with Gasteiger partial charge in [0.1, 0.15) is 0 Å². The summed E-state index contributed by atoms with van der Waals surface area (Å²) >= 11 is 3.70. The van der Waals surface area contributed by atoms with E-state index in [1.807, 2.05) is 6.07 Å². The average Bonchev–Trinajstić information content (AvgIpc) is 2.88. The topological polar surface area (TPSA) is 44.5 Å². The lowest BCUT2D eigenvalue weighted by Gasteiger charge is -2.32. The van der Waals surface area contributed by atoms with Crippen LogP contribution in [-0.4, -0.2) is 20.8 Å². The van der Waals surface area contributed by atoms with Crippen LogP contribution in [0.4, 0.5) is 0 Å². The Hall–Kier alpha value is -0.740. The monoisotopic (exact) mass is 327 g/mol. The third-order valence-electron chi connectivity index (χ3n) is 4.34. The zero-order valence-corrected chi connectivity index (χ0v) is 13.5. The number of hydrogen-bond donors (Lipinski definition) is 1. The summed E-state index contributed by atoms with van der Waals surface area (Å²) in [7, 11) is 3.35. The summed E-state index contributed by atoms with van der Waals surface area (Å²) in [5.41, 5.74) is 8.63. The molecule has 1 fully saturated rings.